The minimum absolute atomic E-state index is 0.245. The molecule has 0 radical (unpaired) electrons. The van der Waals surface area contributed by atoms with Gasteiger partial charge in [-0.3, -0.25) is 4.98 Å². The second-order valence-electron chi connectivity index (χ2n) is 6.92. The SMILES string of the molecule is Cc1ccc(Nc2cc(-c3cccnc3)nc(NC3CCCC3)n2)cc1F. The van der Waals surface area contributed by atoms with Crippen LogP contribution in [0.4, 0.5) is 21.8 Å². The molecule has 1 aliphatic carbocycles. The summed E-state index contributed by atoms with van der Waals surface area (Å²) in [4.78, 5) is 13.4. The Morgan fingerprint density at radius 3 is 2.67 bits per heavy atom. The van der Waals surface area contributed by atoms with Gasteiger partial charge in [-0.1, -0.05) is 18.9 Å². The molecule has 2 heterocycles. The fourth-order valence-corrected chi connectivity index (χ4v) is 3.31. The fraction of sp³-hybridized carbons (Fsp3) is 0.286. The lowest BCUT2D eigenvalue weighted by Gasteiger charge is -2.15. The highest BCUT2D eigenvalue weighted by Crippen LogP contribution is 2.26. The Morgan fingerprint density at radius 2 is 1.93 bits per heavy atom. The molecule has 1 saturated carbocycles. The summed E-state index contributed by atoms with van der Waals surface area (Å²) in [6.45, 7) is 1.74. The van der Waals surface area contributed by atoms with Crippen molar-refractivity contribution in [2.75, 3.05) is 10.6 Å². The van der Waals surface area contributed by atoms with Crippen LogP contribution >= 0.6 is 0 Å². The highest BCUT2D eigenvalue weighted by atomic mass is 19.1. The second-order valence-corrected chi connectivity index (χ2v) is 6.92. The molecule has 1 fully saturated rings. The number of hydrogen-bond donors (Lipinski definition) is 2. The number of nitrogens with one attached hydrogen (secondary N) is 2. The lowest BCUT2D eigenvalue weighted by atomic mass is 10.2. The van der Waals surface area contributed by atoms with Crippen LogP contribution in [0, 0.1) is 12.7 Å². The number of benzene rings is 1. The predicted octanol–water partition coefficient (Wildman–Crippen LogP) is 5.08. The smallest absolute Gasteiger partial charge is 0.225 e. The molecular formula is C21H22FN5. The molecule has 0 bridgehead atoms. The van der Waals surface area contributed by atoms with Crippen LogP contribution in [0.25, 0.3) is 11.3 Å². The largest absolute Gasteiger partial charge is 0.351 e. The third-order valence-corrected chi connectivity index (χ3v) is 4.82. The van der Waals surface area contributed by atoms with Gasteiger partial charge in [0.1, 0.15) is 11.6 Å². The summed E-state index contributed by atoms with van der Waals surface area (Å²) in [5.41, 5.74) is 2.95. The second kappa shape index (κ2) is 7.70. The molecule has 2 aromatic heterocycles. The number of aryl methyl sites for hydroxylation is 1. The molecule has 27 heavy (non-hydrogen) atoms. The van der Waals surface area contributed by atoms with E-state index in [1.165, 1.54) is 18.9 Å². The first-order chi connectivity index (χ1) is 13.2. The summed E-state index contributed by atoms with van der Waals surface area (Å²) in [7, 11) is 0. The zero-order valence-electron chi connectivity index (χ0n) is 15.2. The molecule has 0 unspecified atom stereocenters. The Labute approximate surface area is 158 Å². The molecule has 0 atom stereocenters. The van der Waals surface area contributed by atoms with Gasteiger partial charge in [-0.2, -0.15) is 4.98 Å². The number of pyridine rings is 1. The predicted molar refractivity (Wildman–Crippen MR) is 106 cm³/mol. The molecule has 138 valence electrons. The molecule has 1 aliphatic rings. The molecule has 0 amide bonds. The maximum absolute atomic E-state index is 13.9. The maximum atomic E-state index is 13.9. The fourth-order valence-electron chi connectivity index (χ4n) is 3.31. The Bertz CT molecular complexity index is 923. The highest BCUT2D eigenvalue weighted by Gasteiger charge is 2.17. The Balaban J connectivity index is 1.67. The standard InChI is InChI=1S/C21H22FN5/c1-14-8-9-17(11-18(14)22)24-20-12-19(15-5-4-10-23-13-15)26-21(27-20)25-16-6-2-3-7-16/h4-5,8-13,16H,2-3,6-7H2,1H3,(H2,24,25,26,27). The van der Waals surface area contributed by atoms with E-state index in [0.29, 0.717) is 29.1 Å². The topological polar surface area (TPSA) is 62.7 Å². The van der Waals surface area contributed by atoms with Gasteiger partial charge in [0.2, 0.25) is 5.95 Å². The zero-order chi connectivity index (χ0) is 18.6. The average Bonchev–Trinajstić information content (AvgIpc) is 3.18. The van der Waals surface area contributed by atoms with Crippen LogP contribution in [-0.4, -0.2) is 21.0 Å². The van der Waals surface area contributed by atoms with Gasteiger partial charge in [0.15, 0.2) is 0 Å². The third-order valence-electron chi connectivity index (χ3n) is 4.82. The summed E-state index contributed by atoms with van der Waals surface area (Å²) in [6.07, 6.45) is 8.23. The molecule has 0 spiro atoms. The van der Waals surface area contributed by atoms with E-state index in [0.717, 1.165) is 24.1 Å². The van der Waals surface area contributed by atoms with E-state index in [4.69, 9.17) is 0 Å². The van der Waals surface area contributed by atoms with Crippen LogP contribution in [-0.2, 0) is 0 Å². The molecule has 1 aromatic carbocycles. The summed E-state index contributed by atoms with van der Waals surface area (Å²) in [5.74, 6) is 0.955. The summed E-state index contributed by atoms with van der Waals surface area (Å²) in [6, 6.07) is 11.2. The first-order valence-corrected chi connectivity index (χ1v) is 9.26. The van der Waals surface area contributed by atoms with E-state index in [1.54, 1.807) is 25.4 Å². The first-order valence-electron chi connectivity index (χ1n) is 9.26. The van der Waals surface area contributed by atoms with Gasteiger partial charge in [0.25, 0.3) is 0 Å². The first kappa shape index (κ1) is 17.4. The number of aromatic nitrogens is 3. The summed E-state index contributed by atoms with van der Waals surface area (Å²) in [5, 5.41) is 6.64. The van der Waals surface area contributed by atoms with Gasteiger partial charge in [-0.05, 0) is 49.6 Å². The van der Waals surface area contributed by atoms with E-state index in [2.05, 4.69) is 25.6 Å². The lowest BCUT2D eigenvalue weighted by molar-refractivity contribution is 0.619. The quantitative estimate of drug-likeness (QED) is 0.661. The molecular weight excluding hydrogens is 341 g/mol. The van der Waals surface area contributed by atoms with Crippen molar-refractivity contribution in [2.24, 2.45) is 0 Å². The molecule has 0 saturated heterocycles. The van der Waals surface area contributed by atoms with Crippen molar-refractivity contribution in [1.29, 1.82) is 0 Å². The number of rotatable bonds is 5. The average molecular weight is 363 g/mol. The van der Waals surface area contributed by atoms with Gasteiger partial charge in [0.05, 0.1) is 5.69 Å². The monoisotopic (exact) mass is 363 g/mol. The van der Waals surface area contributed by atoms with Crippen molar-refractivity contribution in [2.45, 2.75) is 38.6 Å². The molecule has 0 aliphatic heterocycles. The molecule has 5 nitrogen and oxygen atoms in total. The van der Waals surface area contributed by atoms with Crippen molar-refractivity contribution in [3.8, 4) is 11.3 Å². The maximum Gasteiger partial charge on any atom is 0.225 e. The van der Waals surface area contributed by atoms with Gasteiger partial charge in [-0.25, -0.2) is 9.37 Å². The van der Waals surface area contributed by atoms with Crippen molar-refractivity contribution in [3.63, 3.8) is 0 Å². The van der Waals surface area contributed by atoms with Gasteiger partial charge in [0, 0.05) is 35.8 Å². The van der Waals surface area contributed by atoms with Crippen molar-refractivity contribution >= 4 is 17.5 Å². The highest BCUT2D eigenvalue weighted by molar-refractivity contribution is 5.67. The minimum atomic E-state index is -0.245. The minimum Gasteiger partial charge on any atom is -0.351 e. The Kier molecular flexibility index (Phi) is 4.96. The van der Waals surface area contributed by atoms with E-state index in [-0.39, 0.29) is 5.82 Å². The number of anilines is 3. The lowest BCUT2D eigenvalue weighted by Crippen LogP contribution is -2.17. The van der Waals surface area contributed by atoms with E-state index < -0.39 is 0 Å². The van der Waals surface area contributed by atoms with Crippen molar-refractivity contribution in [3.05, 3.63) is 60.2 Å². The normalized spacial score (nSPS) is 14.3. The molecule has 6 heteroatoms. The van der Waals surface area contributed by atoms with Crippen LogP contribution in [0.1, 0.15) is 31.2 Å². The van der Waals surface area contributed by atoms with Gasteiger partial charge >= 0.3 is 0 Å². The number of halogens is 1. The van der Waals surface area contributed by atoms with Crippen molar-refractivity contribution in [1.82, 2.24) is 15.0 Å². The van der Waals surface area contributed by atoms with Gasteiger partial charge < -0.3 is 10.6 Å². The number of hydrogen-bond acceptors (Lipinski definition) is 5. The van der Waals surface area contributed by atoms with E-state index in [1.807, 2.05) is 24.3 Å². The molecule has 3 aromatic rings. The van der Waals surface area contributed by atoms with Crippen LogP contribution in [0.2, 0.25) is 0 Å². The zero-order valence-corrected chi connectivity index (χ0v) is 15.2. The Morgan fingerprint density at radius 1 is 1.07 bits per heavy atom. The third kappa shape index (κ3) is 4.22. The van der Waals surface area contributed by atoms with Crippen molar-refractivity contribution < 1.29 is 4.39 Å². The van der Waals surface area contributed by atoms with Gasteiger partial charge in [-0.15, -0.1) is 0 Å². The van der Waals surface area contributed by atoms with E-state index >= 15 is 0 Å². The summed E-state index contributed by atoms with van der Waals surface area (Å²) < 4.78 is 13.9. The summed E-state index contributed by atoms with van der Waals surface area (Å²) >= 11 is 0. The van der Waals surface area contributed by atoms with Crippen LogP contribution in [0.15, 0.2) is 48.8 Å². The Hall–Kier alpha value is -3.02. The van der Waals surface area contributed by atoms with Crippen LogP contribution in [0.3, 0.4) is 0 Å². The van der Waals surface area contributed by atoms with E-state index in [9.17, 15) is 4.39 Å². The molecule has 2 N–H and O–H groups in total. The molecule has 4 rings (SSSR count). The van der Waals surface area contributed by atoms with Crippen LogP contribution in [0.5, 0.6) is 0 Å². The number of nitrogens with zero attached hydrogens (tertiary/aromatic N) is 3. The van der Waals surface area contributed by atoms with Crippen LogP contribution < -0.4 is 10.6 Å².